The van der Waals surface area contributed by atoms with Gasteiger partial charge in [-0.3, -0.25) is 60.9 Å². The van der Waals surface area contributed by atoms with Crippen LogP contribution in [0.2, 0.25) is 0 Å². The van der Waals surface area contributed by atoms with Crippen molar-refractivity contribution >= 4 is 69.7 Å². The number of nitrogens with zero attached hydrogens (tertiary/aromatic N) is 8. The van der Waals surface area contributed by atoms with Gasteiger partial charge in [-0.2, -0.15) is 0 Å². The van der Waals surface area contributed by atoms with Crippen LogP contribution in [0, 0.1) is 23.7 Å². The van der Waals surface area contributed by atoms with Gasteiger partial charge >= 0.3 is 0 Å². The molecular formula is C56H62N12O4. The maximum atomic E-state index is 15.5. The summed E-state index contributed by atoms with van der Waals surface area (Å²) in [5.41, 5.74) is 17.0. The van der Waals surface area contributed by atoms with E-state index >= 15 is 19.2 Å². The Morgan fingerprint density at radius 3 is 0.764 bits per heavy atom. The van der Waals surface area contributed by atoms with Crippen LogP contribution in [0.5, 0.6) is 0 Å². The lowest BCUT2D eigenvalue weighted by molar-refractivity contribution is -0.124. The number of carbonyl (C=O) groups excluding carboxylic acids is 4. The number of rotatable bonds is 14. The Hall–Kier alpha value is -8.14. The van der Waals surface area contributed by atoms with Gasteiger partial charge in [0.15, 0.2) is 0 Å². The lowest BCUT2D eigenvalue weighted by Gasteiger charge is -2.30. The molecular weight excluding hydrogens is 905 g/mol. The zero-order chi connectivity index (χ0) is 50.8. The standard InChI is InChI=1S/C56H62N12O4/c1-33(2)57-49-45(53(69)65(61-49)39-24-13-9-14-25-39)43(46-50(58-34(3)4)62-66(54(46)70)40-26-15-10-16-27-40)37-22-21-23-38(32-37)44(47-51(59-35(5)6)63-67(55(47)71)41-28-17-11-18-29-41)48-52(60-36(7)8)64-68(56(48)72)42-30-19-12-20-31-42/h9-36,43-48H,1-8H3,(H,57,61)(H,58,62)(H,59,63)(H,60,64). The number of hydrazine groups is 4. The lowest BCUT2D eigenvalue weighted by atomic mass is 9.71. The fourth-order valence-electron chi connectivity index (χ4n) is 10.0. The second kappa shape index (κ2) is 20.7. The highest BCUT2D eigenvalue weighted by atomic mass is 16.2. The molecule has 4 fully saturated rings. The molecule has 9 rings (SSSR count). The Kier molecular flexibility index (Phi) is 14.0. The molecule has 0 saturated carbocycles. The van der Waals surface area contributed by atoms with Crippen molar-refractivity contribution in [2.24, 2.45) is 43.6 Å². The first-order valence-corrected chi connectivity index (χ1v) is 24.7. The molecule has 4 N–H and O–H groups in total. The fraction of sp³-hybridized carbons (Fsp3) is 0.321. The summed E-state index contributed by atoms with van der Waals surface area (Å²) >= 11 is 0. The van der Waals surface area contributed by atoms with E-state index in [2.05, 4.69) is 21.7 Å². The molecule has 4 amide bonds. The van der Waals surface area contributed by atoms with Gasteiger partial charge < -0.3 is 0 Å². The summed E-state index contributed by atoms with van der Waals surface area (Å²) in [6.45, 7) is 15.5. The second-order valence-corrected chi connectivity index (χ2v) is 19.5. The van der Waals surface area contributed by atoms with Gasteiger partial charge in [-0.15, -0.1) is 0 Å². The van der Waals surface area contributed by atoms with Crippen molar-refractivity contribution in [1.82, 2.24) is 21.7 Å². The first kappa shape index (κ1) is 48.9. The van der Waals surface area contributed by atoms with Crippen LogP contribution in [0.3, 0.4) is 0 Å². The number of nitrogens with one attached hydrogen (secondary N) is 4. The molecule has 370 valence electrons. The van der Waals surface area contributed by atoms with Gasteiger partial charge in [0, 0.05) is 36.0 Å². The molecule has 5 aromatic rings. The van der Waals surface area contributed by atoms with Crippen LogP contribution in [-0.4, -0.2) is 71.1 Å². The van der Waals surface area contributed by atoms with E-state index in [-0.39, 0.29) is 47.8 Å². The Bertz CT molecular complexity index is 2560. The minimum absolute atomic E-state index is 0.240. The topological polar surface area (TPSA) is 179 Å². The summed E-state index contributed by atoms with van der Waals surface area (Å²) in [4.78, 5) is 82.1. The Morgan fingerprint density at radius 1 is 0.333 bits per heavy atom. The molecule has 0 spiro atoms. The van der Waals surface area contributed by atoms with Gasteiger partial charge in [-0.1, -0.05) is 97.1 Å². The summed E-state index contributed by atoms with van der Waals surface area (Å²) in [5.74, 6) is -5.72. The highest BCUT2D eigenvalue weighted by Gasteiger charge is 2.56. The molecule has 4 heterocycles. The fourth-order valence-corrected chi connectivity index (χ4v) is 10.0. The molecule has 0 radical (unpaired) electrons. The third-order valence-corrected chi connectivity index (χ3v) is 12.8. The third-order valence-electron chi connectivity index (χ3n) is 12.8. The predicted octanol–water partition coefficient (Wildman–Crippen LogP) is 7.75. The van der Waals surface area contributed by atoms with E-state index in [1.807, 2.05) is 201 Å². The number of hydrogen-bond donors (Lipinski definition) is 4. The van der Waals surface area contributed by atoms with Gasteiger partial charge in [0.2, 0.25) is 0 Å². The van der Waals surface area contributed by atoms with E-state index in [4.69, 9.17) is 20.0 Å². The molecule has 4 saturated heterocycles. The van der Waals surface area contributed by atoms with Crippen LogP contribution in [-0.2, 0) is 19.2 Å². The number of carbonyl (C=O) groups is 4. The molecule has 4 aliphatic rings. The lowest BCUT2D eigenvalue weighted by Crippen LogP contribution is -2.39. The maximum absolute atomic E-state index is 15.5. The molecule has 0 bridgehead atoms. The number of para-hydroxylation sites is 4. The van der Waals surface area contributed by atoms with Gasteiger partial charge in [0.25, 0.3) is 23.6 Å². The Morgan fingerprint density at radius 2 is 0.556 bits per heavy atom. The molecule has 72 heavy (non-hydrogen) atoms. The Balaban J connectivity index is 1.29. The number of aliphatic imine (C=N–C) groups is 4. The van der Waals surface area contributed by atoms with Crippen molar-refractivity contribution in [3.05, 3.63) is 157 Å². The molecule has 0 aromatic heterocycles. The van der Waals surface area contributed by atoms with Crippen LogP contribution in [0.1, 0.15) is 78.4 Å². The van der Waals surface area contributed by atoms with Crippen LogP contribution >= 0.6 is 0 Å². The first-order chi connectivity index (χ1) is 34.7. The molecule has 4 aliphatic heterocycles. The van der Waals surface area contributed by atoms with Crippen LogP contribution in [0.25, 0.3) is 0 Å². The summed E-state index contributed by atoms with van der Waals surface area (Å²) in [5, 5.41) is 5.99. The van der Waals surface area contributed by atoms with E-state index in [1.54, 1.807) is 0 Å². The summed E-state index contributed by atoms with van der Waals surface area (Å²) in [6, 6.07) is 43.8. The average molecular weight is 967 g/mol. The maximum Gasteiger partial charge on any atom is 0.257 e. The summed E-state index contributed by atoms with van der Waals surface area (Å²) < 4.78 is 0. The monoisotopic (exact) mass is 967 g/mol. The summed E-state index contributed by atoms with van der Waals surface area (Å²) in [7, 11) is 0. The zero-order valence-electron chi connectivity index (χ0n) is 41.8. The average Bonchev–Trinajstić information content (AvgIpc) is 4.07. The van der Waals surface area contributed by atoms with E-state index in [1.165, 1.54) is 20.0 Å². The van der Waals surface area contributed by atoms with Gasteiger partial charge in [0.05, 0.1) is 22.7 Å². The van der Waals surface area contributed by atoms with E-state index in [0.29, 0.717) is 57.2 Å². The van der Waals surface area contributed by atoms with E-state index < -0.39 is 35.5 Å². The van der Waals surface area contributed by atoms with Crippen molar-refractivity contribution in [2.45, 2.75) is 91.4 Å². The Labute approximate surface area is 420 Å². The van der Waals surface area contributed by atoms with Crippen molar-refractivity contribution in [1.29, 1.82) is 0 Å². The van der Waals surface area contributed by atoms with Crippen molar-refractivity contribution in [3.63, 3.8) is 0 Å². The minimum atomic E-state index is -1.03. The molecule has 4 atom stereocenters. The van der Waals surface area contributed by atoms with Crippen LogP contribution < -0.4 is 41.7 Å². The molecule has 16 heteroatoms. The van der Waals surface area contributed by atoms with Crippen molar-refractivity contribution in [2.75, 3.05) is 20.0 Å². The predicted molar refractivity (Wildman–Crippen MR) is 284 cm³/mol. The number of hydrogen-bond acceptors (Lipinski definition) is 8. The number of anilines is 4. The zero-order valence-corrected chi connectivity index (χ0v) is 41.8. The van der Waals surface area contributed by atoms with Gasteiger partial charge in [-0.25, -0.2) is 20.0 Å². The molecule has 4 unspecified atom stereocenters. The quantitative estimate of drug-likeness (QED) is 0.0873. The largest absolute Gasteiger partial charge is 0.278 e. The van der Waals surface area contributed by atoms with Crippen molar-refractivity contribution in [3.8, 4) is 0 Å². The van der Waals surface area contributed by atoms with E-state index in [0.717, 1.165) is 0 Å². The van der Waals surface area contributed by atoms with Gasteiger partial charge in [0.1, 0.15) is 47.0 Å². The normalized spacial score (nSPS) is 23.4. The number of amides is 4. The third kappa shape index (κ3) is 9.68. The first-order valence-electron chi connectivity index (χ1n) is 24.7. The van der Waals surface area contributed by atoms with Crippen LogP contribution in [0.15, 0.2) is 166 Å². The number of amidine groups is 4. The molecule has 5 aromatic carbocycles. The highest BCUT2D eigenvalue weighted by molar-refractivity contribution is 6.23. The highest BCUT2D eigenvalue weighted by Crippen LogP contribution is 2.46. The number of benzene rings is 5. The van der Waals surface area contributed by atoms with Crippen molar-refractivity contribution < 1.29 is 19.2 Å². The minimum Gasteiger partial charge on any atom is -0.278 e. The summed E-state index contributed by atoms with van der Waals surface area (Å²) in [6.07, 6.45) is 0. The SMILES string of the molecule is CC(C)N=C1NN(c2ccccc2)C(=O)C1C(c1cccc(C(C2C(=O)N(c3ccccc3)NC2=NC(C)C)C2C(=O)N(c3ccccc3)NC2=NC(C)C)c1)C1C(=O)N(c2ccccc2)NC1=NC(C)C. The van der Waals surface area contributed by atoms with E-state index in [9.17, 15) is 0 Å². The molecule has 0 aliphatic carbocycles. The van der Waals surface area contributed by atoms with Crippen LogP contribution in [0.4, 0.5) is 22.7 Å². The van der Waals surface area contributed by atoms with Gasteiger partial charge in [-0.05, 0) is 115 Å². The molecule has 16 nitrogen and oxygen atoms in total. The smallest absolute Gasteiger partial charge is 0.257 e. The second-order valence-electron chi connectivity index (χ2n) is 19.5.